The van der Waals surface area contributed by atoms with Crippen molar-refractivity contribution in [3.05, 3.63) is 40.3 Å². The molecule has 0 saturated heterocycles. The fourth-order valence-corrected chi connectivity index (χ4v) is 3.35. The van der Waals surface area contributed by atoms with Crippen molar-refractivity contribution in [1.82, 2.24) is 9.55 Å². The van der Waals surface area contributed by atoms with Crippen molar-refractivity contribution in [1.29, 1.82) is 0 Å². The Morgan fingerprint density at radius 2 is 1.95 bits per heavy atom. The van der Waals surface area contributed by atoms with E-state index in [1.807, 2.05) is 13.0 Å². The highest BCUT2D eigenvalue weighted by Crippen LogP contribution is 2.21. The van der Waals surface area contributed by atoms with Crippen LogP contribution in [0.2, 0.25) is 0 Å². The maximum atomic E-state index is 12.2. The number of nitrogens with zero attached hydrogens (tertiary/aromatic N) is 2. The van der Waals surface area contributed by atoms with Gasteiger partial charge in [-0.1, -0.05) is 15.9 Å². The van der Waals surface area contributed by atoms with Crippen LogP contribution in [0.3, 0.4) is 0 Å². The SMILES string of the molecule is Cc1cc(Br)cc(NS(=O)(=O)c2cn(C)c(C)n2)c1. The Balaban J connectivity index is 2.36. The van der Waals surface area contributed by atoms with Crippen LogP contribution in [0.25, 0.3) is 0 Å². The van der Waals surface area contributed by atoms with E-state index in [9.17, 15) is 8.42 Å². The third-order valence-corrected chi connectivity index (χ3v) is 4.37. The molecule has 0 bridgehead atoms. The van der Waals surface area contributed by atoms with Gasteiger partial charge >= 0.3 is 0 Å². The number of aryl methyl sites for hydroxylation is 3. The van der Waals surface area contributed by atoms with Gasteiger partial charge in [0.2, 0.25) is 0 Å². The highest BCUT2D eigenvalue weighted by molar-refractivity contribution is 9.10. The predicted octanol–water partition coefficient (Wildman–Crippen LogP) is 2.60. The van der Waals surface area contributed by atoms with Gasteiger partial charge in [0, 0.05) is 17.7 Å². The summed E-state index contributed by atoms with van der Waals surface area (Å²) in [6, 6.07) is 5.38. The van der Waals surface area contributed by atoms with E-state index in [2.05, 4.69) is 25.6 Å². The largest absolute Gasteiger partial charge is 0.337 e. The normalized spacial score (nSPS) is 11.6. The number of aromatic nitrogens is 2. The Hall–Kier alpha value is -1.34. The number of nitrogens with one attached hydrogen (secondary N) is 1. The van der Waals surface area contributed by atoms with E-state index in [4.69, 9.17) is 0 Å². The van der Waals surface area contributed by atoms with E-state index < -0.39 is 10.0 Å². The van der Waals surface area contributed by atoms with Gasteiger partial charge in [-0.3, -0.25) is 4.72 Å². The molecule has 1 N–H and O–H groups in total. The lowest BCUT2D eigenvalue weighted by Crippen LogP contribution is -2.13. The molecule has 2 aromatic rings. The monoisotopic (exact) mass is 343 g/mol. The summed E-state index contributed by atoms with van der Waals surface area (Å²) in [7, 11) is -1.90. The first-order valence-electron chi connectivity index (χ1n) is 5.58. The average Bonchev–Trinajstić information content (AvgIpc) is 2.57. The van der Waals surface area contributed by atoms with Gasteiger partial charge in [0.05, 0.1) is 5.69 Å². The number of hydrogen-bond donors (Lipinski definition) is 1. The second-order valence-electron chi connectivity index (χ2n) is 4.36. The molecule has 1 heterocycles. The van der Waals surface area contributed by atoms with Crippen molar-refractivity contribution >= 4 is 31.6 Å². The smallest absolute Gasteiger partial charge is 0.280 e. The first-order chi connectivity index (χ1) is 8.78. The van der Waals surface area contributed by atoms with Gasteiger partial charge in [0.25, 0.3) is 10.0 Å². The number of halogens is 1. The molecule has 0 aliphatic heterocycles. The van der Waals surface area contributed by atoms with Crippen LogP contribution in [-0.2, 0) is 17.1 Å². The number of anilines is 1. The van der Waals surface area contributed by atoms with Crippen molar-refractivity contribution in [3.63, 3.8) is 0 Å². The zero-order chi connectivity index (χ0) is 14.2. The van der Waals surface area contributed by atoms with Crippen LogP contribution in [0, 0.1) is 13.8 Å². The molecule has 0 aliphatic rings. The second-order valence-corrected chi connectivity index (χ2v) is 6.90. The summed E-state index contributed by atoms with van der Waals surface area (Å²) in [6.45, 7) is 3.65. The van der Waals surface area contributed by atoms with Crippen LogP contribution in [-0.4, -0.2) is 18.0 Å². The van der Waals surface area contributed by atoms with Crippen molar-refractivity contribution in [2.45, 2.75) is 18.9 Å². The molecule has 0 aliphatic carbocycles. The Morgan fingerprint density at radius 3 is 2.47 bits per heavy atom. The molecule has 2 rings (SSSR count). The van der Waals surface area contributed by atoms with E-state index in [1.165, 1.54) is 6.20 Å². The number of rotatable bonds is 3. The lowest BCUT2D eigenvalue weighted by atomic mass is 10.2. The number of benzene rings is 1. The van der Waals surface area contributed by atoms with Crippen LogP contribution in [0.5, 0.6) is 0 Å². The second kappa shape index (κ2) is 4.97. The highest BCUT2D eigenvalue weighted by atomic mass is 79.9. The maximum Gasteiger partial charge on any atom is 0.280 e. The molecule has 0 fully saturated rings. The summed E-state index contributed by atoms with van der Waals surface area (Å²) in [5, 5.41) is 0.0186. The van der Waals surface area contributed by atoms with Gasteiger partial charge in [-0.15, -0.1) is 0 Å². The van der Waals surface area contributed by atoms with Crippen LogP contribution in [0.1, 0.15) is 11.4 Å². The summed E-state index contributed by atoms with van der Waals surface area (Å²) in [5.41, 5.74) is 1.47. The third kappa shape index (κ3) is 3.16. The summed E-state index contributed by atoms with van der Waals surface area (Å²) < 4.78 is 29.4. The third-order valence-electron chi connectivity index (χ3n) is 2.66. The topological polar surface area (TPSA) is 64.0 Å². The van der Waals surface area contributed by atoms with E-state index in [0.717, 1.165) is 10.0 Å². The highest BCUT2D eigenvalue weighted by Gasteiger charge is 2.18. The van der Waals surface area contributed by atoms with Gasteiger partial charge in [0.1, 0.15) is 5.82 Å². The molecule has 1 aromatic carbocycles. The lowest BCUT2D eigenvalue weighted by molar-refractivity contribution is 0.598. The van der Waals surface area contributed by atoms with Crippen molar-refractivity contribution in [3.8, 4) is 0 Å². The Bertz CT molecular complexity index is 683. The molecule has 0 saturated carbocycles. The molecule has 0 spiro atoms. The predicted molar refractivity (Wildman–Crippen MR) is 77.6 cm³/mol. The fourth-order valence-electron chi connectivity index (χ4n) is 1.66. The first kappa shape index (κ1) is 14.1. The molecule has 102 valence electrons. The minimum absolute atomic E-state index is 0.0186. The molecule has 0 amide bonds. The van der Waals surface area contributed by atoms with Crippen molar-refractivity contribution < 1.29 is 8.42 Å². The van der Waals surface area contributed by atoms with E-state index in [-0.39, 0.29) is 5.03 Å². The summed E-state index contributed by atoms with van der Waals surface area (Å²) in [6.07, 6.45) is 1.49. The fraction of sp³-hybridized carbons (Fsp3) is 0.250. The minimum Gasteiger partial charge on any atom is -0.337 e. The average molecular weight is 344 g/mol. The summed E-state index contributed by atoms with van der Waals surface area (Å²) in [5.74, 6) is 0.644. The van der Waals surface area contributed by atoms with Crippen LogP contribution < -0.4 is 4.72 Å². The van der Waals surface area contributed by atoms with Crippen LogP contribution >= 0.6 is 15.9 Å². The number of sulfonamides is 1. The molecule has 0 radical (unpaired) electrons. The van der Waals surface area contributed by atoms with Gasteiger partial charge in [0.15, 0.2) is 5.03 Å². The first-order valence-corrected chi connectivity index (χ1v) is 7.85. The molecule has 7 heteroatoms. The Kier molecular flexibility index (Phi) is 3.69. The Morgan fingerprint density at radius 1 is 1.26 bits per heavy atom. The van der Waals surface area contributed by atoms with Gasteiger partial charge in [-0.25, -0.2) is 4.98 Å². The number of hydrogen-bond acceptors (Lipinski definition) is 3. The van der Waals surface area contributed by atoms with E-state index in [1.54, 1.807) is 30.7 Å². The lowest BCUT2D eigenvalue weighted by Gasteiger charge is -2.07. The molecule has 19 heavy (non-hydrogen) atoms. The quantitative estimate of drug-likeness (QED) is 0.931. The van der Waals surface area contributed by atoms with E-state index in [0.29, 0.717) is 11.5 Å². The number of imidazole rings is 1. The van der Waals surface area contributed by atoms with Gasteiger partial charge in [-0.05, 0) is 37.6 Å². The summed E-state index contributed by atoms with van der Waals surface area (Å²) >= 11 is 3.34. The minimum atomic E-state index is -3.65. The molecule has 0 unspecified atom stereocenters. The van der Waals surface area contributed by atoms with E-state index >= 15 is 0 Å². The molecule has 1 aromatic heterocycles. The van der Waals surface area contributed by atoms with Crippen molar-refractivity contribution in [2.24, 2.45) is 7.05 Å². The van der Waals surface area contributed by atoms with Gasteiger partial charge < -0.3 is 4.57 Å². The van der Waals surface area contributed by atoms with Crippen LogP contribution in [0.15, 0.2) is 33.9 Å². The van der Waals surface area contributed by atoms with Crippen molar-refractivity contribution in [2.75, 3.05) is 4.72 Å². The standard InChI is InChI=1S/C12H14BrN3O2S/c1-8-4-10(13)6-11(5-8)15-19(17,18)12-7-16(3)9(2)14-12/h4-7,15H,1-3H3. The molecular weight excluding hydrogens is 330 g/mol. The molecule has 5 nitrogen and oxygen atoms in total. The summed E-state index contributed by atoms with van der Waals surface area (Å²) in [4.78, 5) is 4.02. The maximum absolute atomic E-state index is 12.2. The van der Waals surface area contributed by atoms with Crippen LogP contribution in [0.4, 0.5) is 5.69 Å². The molecule has 0 atom stereocenters. The molecular formula is C12H14BrN3O2S. The zero-order valence-electron chi connectivity index (χ0n) is 10.8. The van der Waals surface area contributed by atoms with Gasteiger partial charge in [-0.2, -0.15) is 8.42 Å². The Labute approximate surface area is 120 Å². The zero-order valence-corrected chi connectivity index (χ0v) is 13.2.